The van der Waals surface area contributed by atoms with Gasteiger partial charge in [0, 0.05) is 88.2 Å². The van der Waals surface area contributed by atoms with Crippen LogP contribution in [0.15, 0.2) is 36.4 Å². The summed E-state index contributed by atoms with van der Waals surface area (Å²) in [6.45, 7) is 11.5. The molecular formula is C44H65N9O4. The Hall–Kier alpha value is -4.49. The van der Waals surface area contributed by atoms with E-state index >= 15 is 0 Å². The van der Waals surface area contributed by atoms with Gasteiger partial charge in [-0.2, -0.15) is 5.10 Å². The zero-order chi connectivity index (χ0) is 40.1. The Morgan fingerprint density at radius 1 is 0.965 bits per heavy atom. The molecule has 3 aliphatic rings. The summed E-state index contributed by atoms with van der Waals surface area (Å²) in [4.78, 5) is 49.4. The highest BCUT2D eigenvalue weighted by Gasteiger charge is 2.29. The molecule has 13 heteroatoms. The largest absolute Gasteiger partial charge is 0.481 e. The molecule has 0 saturated carbocycles. The summed E-state index contributed by atoms with van der Waals surface area (Å²) in [6.07, 6.45) is 10.8. The Morgan fingerprint density at radius 3 is 2.54 bits per heavy atom. The van der Waals surface area contributed by atoms with Crippen LogP contribution in [0.1, 0.15) is 105 Å². The van der Waals surface area contributed by atoms with Crippen LogP contribution in [0.25, 0.3) is 5.69 Å². The minimum Gasteiger partial charge on any atom is -0.481 e. The number of aliphatic carboxylic acids is 1. The molecule has 2 saturated heterocycles. The first kappa shape index (κ1) is 42.1. The van der Waals surface area contributed by atoms with Gasteiger partial charge < -0.3 is 36.2 Å². The Balaban J connectivity index is 1.06. The Morgan fingerprint density at radius 2 is 1.77 bits per heavy atom. The molecule has 2 unspecified atom stereocenters. The van der Waals surface area contributed by atoms with E-state index in [1.54, 1.807) is 0 Å². The van der Waals surface area contributed by atoms with E-state index in [0.717, 1.165) is 117 Å². The quantitative estimate of drug-likeness (QED) is 0.112. The van der Waals surface area contributed by atoms with Crippen LogP contribution in [0.5, 0.6) is 0 Å². The van der Waals surface area contributed by atoms with Crippen molar-refractivity contribution in [1.82, 2.24) is 29.9 Å². The molecule has 3 aromatic rings. The molecule has 2 atom stereocenters. The lowest BCUT2D eigenvalue weighted by Gasteiger charge is -2.37. The second-order valence-electron chi connectivity index (χ2n) is 16.5. The van der Waals surface area contributed by atoms with Crippen molar-refractivity contribution in [3.63, 3.8) is 0 Å². The number of unbranched alkanes of at least 4 members (excludes halogenated alkanes) is 3. The van der Waals surface area contributed by atoms with E-state index in [4.69, 9.17) is 15.8 Å². The van der Waals surface area contributed by atoms with Crippen LogP contribution >= 0.6 is 0 Å². The third-order valence-electron chi connectivity index (χ3n) is 11.9. The number of hydrogen-bond donors (Lipinski definition) is 4. The topological polar surface area (TPSA) is 162 Å². The number of carboxylic acids is 1. The van der Waals surface area contributed by atoms with Crippen molar-refractivity contribution in [2.24, 2.45) is 11.7 Å². The number of carbonyl (C=O) groups is 3. The van der Waals surface area contributed by atoms with Crippen molar-refractivity contribution >= 4 is 29.3 Å². The van der Waals surface area contributed by atoms with Crippen molar-refractivity contribution in [2.75, 3.05) is 75.7 Å². The SMILES string of the molecule is Cc1cc(C)n(-c2cc(C(CC(=O)O)CN3CCC(CCc4ccc5c(n4)NCCC5)C3)cc(N3CCN(C(=O)CCCC(=O)NCCCCCCN)CC3)c2)n1. The van der Waals surface area contributed by atoms with Gasteiger partial charge >= 0.3 is 5.97 Å². The molecule has 5 N–H and O–H groups in total. The number of carbonyl (C=O) groups excluding carboxylic acids is 2. The van der Waals surface area contributed by atoms with E-state index in [1.807, 2.05) is 23.4 Å². The van der Waals surface area contributed by atoms with E-state index in [-0.39, 0.29) is 24.2 Å². The van der Waals surface area contributed by atoms with E-state index in [9.17, 15) is 19.5 Å². The first-order chi connectivity index (χ1) is 27.6. The van der Waals surface area contributed by atoms with Crippen LogP contribution in [-0.4, -0.2) is 113 Å². The summed E-state index contributed by atoms with van der Waals surface area (Å²) in [5.41, 5.74) is 12.9. The van der Waals surface area contributed by atoms with Gasteiger partial charge in [-0.15, -0.1) is 0 Å². The van der Waals surface area contributed by atoms with Gasteiger partial charge in [0.1, 0.15) is 5.82 Å². The monoisotopic (exact) mass is 784 g/mol. The van der Waals surface area contributed by atoms with Crippen molar-refractivity contribution < 1.29 is 19.5 Å². The number of amides is 2. The van der Waals surface area contributed by atoms with Gasteiger partial charge in [0.15, 0.2) is 0 Å². The number of rotatable bonds is 20. The normalized spacial score (nSPS) is 17.6. The van der Waals surface area contributed by atoms with Crippen LogP contribution in [0.4, 0.5) is 11.5 Å². The highest BCUT2D eigenvalue weighted by atomic mass is 16.4. The number of nitrogens with two attached hydrogens (primary N) is 1. The summed E-state index contributed by atoms with van der Waals surface area (Å²) in [7, 11) is 0. The third kappa shape index (κ3) is 12.3. The lowest BCUT2D eigenvalue weighted by atomic mass is 9.93. The van der Waals surface area contributed by atoms with Crippen LogP contribution in [0.2, 0.25) is 0 Å². The number of aryl methyl sites for hydroxylation is 4. The summed E-state index contributed by atoms with van der Waals surface area (Å²) < 4.78 is 1.95. The van der Waals surface area contributed by atoms with Crippen molar-refractivity contribution in [1.29, 1.82) is 0 Å². The molecule has 2 aromatic heterocycles. The van der Waals surface area contributed by atoms with Gasteiger partial charge in [-0.05, 0) is 126 Å². The number of carboxylic acid groups (broad SMARTS) is 1. The predicted molar refractivity (Wildman–Crippen MR) is 225 cm³/mol. The molecule has 3 aliphatic heterocycles. The Kier molecular flexibility index (Phi) is 15.4. The van der Waals surface area contributed by atoms with Gasteiger partial charge in [-0.1, -0.05) is 18.9 Å². The van der Waals surface area contributed by atoms with Gasteiger partial charge in [-0.3, -0.25) is 14.4 Å². The molecule has 310 valence electrons. The maximum absolute atomic E-state index is 13.1. The van der Waals surface area contributed by atoms with Gasteiger partial charge in [0.25, 0.3) is 0 Å². The number of likely N-dealkylation sites (tertiary alicyclic amines) is 1. The standard InChI is InChI=1S/C44H65N9O4/c1-32-25-33(2)53(49-32)40-27-36(26-39(29-40)51-21-23-52(24-22-51)42(55)11-7-10-41(54)46-18-6-4-3-5-17-45)37(28-43(56)57)31-50-20-16-34(30-50)12-14-38-15-13-35-9-8-19-47-44(35)48-38/h13,15,25-27,29,34,37H,3-12,14,16-24,28,30-31,45H2,1-2H3,(H,46,54)(H,47,48)(H,56,57). The smallest absolute Gasteiger partial charge is 0.304 e. The van der Waals surface area contributed by atoms with Crippen LogP contribution in [0.3, 0.4) is 0 Å². The number of nitrogens with zero attached hydrogens (tertiary/aromatic N) is 6. The van der Waals surface area contributed by atoms with Gasteiger partial charge in [0.2, 0.25) is 11.8 Å². The molecule has 2 amide bonds. The molecule has 0 aliphatic carbocycles. The van der Waals surface area contributed by atoms with Gasteiger partial charge in [0.05, 0.1) is 17.8 Å². The average molecular weight is 784 g/mol. The first-order valence-electron chi connectivity index (χ1n) is 21.5. The van der Waals surface area contributed by atoms with E-state index in [1.165, 1.54) is 5.56 Å². The van der Waals surface area contributed by atoms with E-state index in [2.05, 4.69) is 56.8 Å². The number of nitrogens with one attached hydrogen (secondary N) is 2. The number of piperazine rings is 1. The molecular weight excluding hydrogens is 719 g/mol. The number of pyridine rings is 1. The molecule has 0 bridgehead atoms. The summed E-state index contributed by atoms with van der Waals surface area (Å²) in [5, 5.41) is 21.4. The Bertz CT molecular complexity index is 1800. The zero-order valence-electron chi connectivity index (χ0n) is 34.3. The lowest BCUT2D eigenvalue weighted by molar-refractivity contribution is -0.137. The maximum Gasteiger partial charge on any atom is 0.304 e. The van der Waals surface area contributed by atoms with Crippen LogP contribution in [0, 0.1) is 19.8 Å². The molecule has 0 spiro atoms. The molecule has 0 radical (unpaired) electrons. The zero-order valence-corrected chi connectivity index (χ0v) is 34.3. The minimum atomic E-state index is -0.802. The second-order valence-corrected chi connectivity index (χ2v) is 16.5. The average Bonchev–Trinajstić information content (AvgIpc) is 3.81. The number of benzene rings is 1. The Labute approximate surface area is 338 Å². The molecule has 2 fully saturated rings. The number of hydrogen-bond acceptors (Lipinski definition) is 9. The summed E-state index contributed by atoms with van der Waals surface area (Å²) in [6, 6.07) is 12.9. The van der Waals surface area contributed by atoms with Crippen LogP contribution < -0.4 is 21.3 Å². The fourth-order valence-electron chi connectivity index (χ4n) is 8.74. The lowest BCUT2D eigenvalue weighted by Crippen LogP contribution is -2.48. The van der Waals surface area contributed by atoms with Gasteiger partial charge in [-0.25, -0.2) is 9.67 Å². The molecule has 6 rings (SSSR count). The number of aromatic nitrogens is 3. The highest BCUT2D eigenvalue weighted by Crippen LogP contribution is 2.32. The summed E-state index contributed by atoms with van der Waals surface area (Å²) in [5.74, 6) is 0.699. The first-order valence-corrected chi connectivity index (χ1v) is 21.5. The highest BCUT2D eigenvalue weighted by molar-refractivity contribution is 5.79. The maximum atomic E-state index is 13.1. The molecule has 57 heavy (non-hydrogen) atoms. The van der Waals surface area contributed by atoms with Crippen molar-refractivity contribution in [3.05, 3.63) is 64.6 Å². The fraction of sp³-hybridized carbons (Fsp3) is 0.614. The number of fused-ring (bicyclic) bond motifs is 1. The second kappa shape index (κ2) is 20.8. The molecule has 1 aromatic carbocycles. The fourth-order valence-corrected chi connectivity index (χ4v) is 8.74. The number of anilines is 2. The van der Waals surface area contributed by atoms with E-state index in [0.29, 0.717) is 71.0 Å². The van der Waals surface area contributed by atoms with Crippen LogP contribution in [-0.2, 0) is 27.2 Å². The van der Waals surface area contributed by atoms with Crippen molar-refractivity contribution in [2.45, 2.75) is 103 Å². The van der Waals surface area contributed by atoms with Crippen molar-refractivity contribution in [3.8, 4) is 5.69 Å². The molecule has 5 heterocycles. The molecule has 13 nitrogen and oxygen atoms in total. The predicted octanol–water partition coefficient (Wildman–Crippen LogP) is 5.21. The summed E-state index contributed by atoms with van der Waals surface area (Å²) >= 11 is 0. The third-order valence-corrected chi connectivity index (χ3v) is 11.9. The van der Waals surface area contributed by atoms with E-state index < -0.39 is 5.97 Å². The minimum absolute atomic E-state index is 0.00624.